The molecule has 2 rings (SSSR count). The molecule has 0 aromatic heterocycles. The molecule has 3 nitrogen and oxygen atoms in total. The highest BCUT2D eigenvalue weighted by Gasteiger charge is 2.26. The van der Waals surface area contributed by atoms with Crippen LogP contribution in [0.4, 0.5) is 0 Å². The number of halogens is 2. The van der Waals surface area contributed by atoms with E-state index in [1.165, 1.54) is 7.11 Å². The average Bonchev–Trinajstić information content (AvgIpc) is 2.57. The maximum absolute atomic E-state index is 11.2. The number of benzene rings is 1. The van der Waals surface area contributed by atoms with E-state index in [0.29, 0.717) is 21.6 Å². The van der Waals surface area contributed by atoms with Crippen molar-refractivity contribution < 1.29 is 9.53 Å². The highest BCUT2D eigenvalue weighted by atomic mass is 35.5. The third-order valence-electron chi connectivity index (χ3n) is 2.57. The Bertz CT molecular complexity index is 504. The maximum atomic E-state index is 11.2. The molecule has 1 aliphatic heterocycles. The van der Waals surface area contributed by atoms with Gasteiger partial charge in [0, 0.05) is 12.1 Å². The van der Waals surface area contributed by atoms with Gasteiger partial charge in [-0.05, 0) is 17.7 Å². The van der Waals surface area contributed by atoms with Crippen molar-refractivity contribution >= 4 is 46.4 Å². The predicted octanol–water partition coefficient (Wildman–Crippen LogP) is 2.66. The first-order valence-corrected chi connectivity index (χ1v) is 6.03. The van der Waals surface area contributed by atoms with Crippen LogP contribution in [-0.4, -0.2) is 29.5 Å². The van der Waals surface area contributed by atoms with Crippen molar-refractivity contribution in [2.24, 2.45) is 0 Å². The summed E-state index contributed by atoms with van der Waals surface area (Å²) in [6.07, 6.45) is 0. The fraction of sp³-hybridized carbons (Fsp3) is 0.273. The molecule has 0 N–H and O–H groups in total. The molecule has 0 aliphatic carbocycles. The molecule has 0 fully saturated rings. The van der Waals surface area contributed by atoms with E-state index in [2.05, 4.69) is 4.74 Å². The Morgan fingerprint density at radius 1 is 1.47 bits per heavy atom. The molecule has 1 aromatic rings. The molecule has 0 bridgehead atoms. The van der Waals surface area contributed by atoms with E-state index < -0.39 is 0 Å². The number of carbonyl (C=O) groups is 1. The van der Waals surface area contributed by atoms with Crippen molar-refractivity contribution in [2.45, 2.75) is 6.54 Å². The Kier molecular flexibility index (Phi) is 3.56. The summed E-state index contributed by atoms with van der Waals surface area (Å²) in [4.78, 5) is 13.6. The van der Waals surface area contributed by atoms with E-state index in [-0.39, 0.29) is 12.5 Å². The molecule has 0 radical (unpaired) electrons. The molecule has 0 unspecified atom stereocenters. The summed E-state index contributed by atoms with van der Waals surface area (Å²) < 4.78 is 4.61. The van der Waals surface area contributed by atoms with E-state index in [1.54, 1.807) is 17.0 Å². The first kappa shape index (κ1) is 12.6. The molecule has 0 amide bonds. The molecule has 1 aromatic carbocycles. The third-order valence-corrected chi connectivity index (χ3v) is 3.77. The van der Waals surface area contributed by atoms with Crippen LogP contribution in [0.15, 0.2) is 12.1 Å². The number of ether oxygens (including phenoxy) is 1. The zero-order valence-electron chi connectivity index (χ0n) is 9.00. The lowest BCUT2D eigenvalue weighted by Gasteiger charge is -2.15. The smallest absolute Gasteiger partial charge is 0.325 e. The topological polar surface area (TPSA) is 29.5 Å². The molecular formula is C11H9Cl2NO2S. The molecule has 90 valence electrons. The van der Waals surface area contributed by atoms with E-state index >= 15 is 0 Å². The van der Waals surface area contributed by atoms with Crippen LogP contribution in [0.5, 0.6) is 0 Å². The summed E-state index contributed by atoms with van der Waals surface area (Å²) >= 11 is 17.2. The first-order chi connectivity index (χ1) is 8.02. The molecule has 0 spiro atoms. The van der Waals surface area contributed by atoms with Gasteiger partial charge in [0.25, 0.3) is 0 Å². The summed E-state index contributed by atoms with van der Waals surface area (Å²) in [5, 5.41) is 0.959. The van der Waals surface area contributed by atoms with Crippen LogP contribution in [0.3, 0.4) is 0 Å². The van der Waals surface area contributed by atoms with Gasteiger partial charge in [0.2, 0.25) is 0 Å². The lowest BCUT2D eigenvalue weighted by molar-refractivity contribution is -0.140. The van der Waals surface area contributed by atoms with Gasteiger partial charge in [0.05, 0.1) is 17.2 Å². The monoisotopic (exact) mass is 289 g/mol. The molecule has 17 heavy (non-hydrogen) atoms. The van der Waals surface area contributed by atoms with Crippen LogP contribution in [-0.2, 0) is 16.1 Å². The zero-order chi connectivity index (χ0) is 12.6. The van der Waals surface area contributed by atoms with Gasteiger partial charge in [-0.25, -0.2) is 0 Å². The number of hydrogen-bond donors (Lipinski definition) is 0. The van der Waals surface area contributed by atoms with Gasteiger partial charge < -0.3 is 9.64 Å². The second kappa shape index (κ2) is 4.80. The summed E-state index contributed by atoms with van der Waals surface area (Å²) in [5.74, 6) is -0.322. The van der Waals surface area contributed by atoms with Crippen LogP contribution in [0.1, 0.15) is 11.1 Å². The Labute approximate surface area is 114 Å². The Morgan fingerprint density at radius 2 is 2.12 bits per heavy atom. The number of esters is 1. The molecule has 0 saturated heterocycles. The minimum absolute atomic E-state index is 0.138. The largest absolute Gasteiger partial charge is 0.468 e. The molecule has 0 atom stereocenters. The standard InChI is InChI=1S/C11H9Cl2NO2S/c1-16-10(15)5-14-4-6-2-8(12)9(13)3-7(6)11(14)17/h2-3H,4-5H2,1H3. The van der Waals surface area contributed by atoms with Crippen molar-refractivity contribution in [1.29, 1.82) is 0 Å². The van der Waals surface area contributed by atoms with Crippen molar-refractivity contribution in [3.63, 3.8) is 0 Å². The highest BCUT2D eigenvalue weighted by molar-refractivity contribution is 7.80. The number of hydrogen-bond acceptors (Lipinski definition) is 3. The fourth-order valence-corrected chi connectivity index (χ4v) is 2.38. The SMILES string of the molecule is COC(=O)CN1Cc2cc(Cl)c(Cl)cc2C1=S. The summed E-state index contributed by atoms with van der Waals surface area (Å²) in [7, 11) is 1.35. The van der Waals surface area contributed by atoms with Gasteiger partial charge in [-0.1, -0.05) is 35.4 Å². The highest BCUT2D eigenvalue weighted by Crippen LogP contribution is 2.31. The molecule has 6 heteroatoms. The normalized spacial score (nSPS) is 13.8. The number of methoxy groups -OCH3 is 1. The predicted molar refractivity (Wildman–Crippen MR) is 70.6 cm³/mol. The number of carbonyl (C=O) groups excluding carboxylic acids is 1. The minimum Gasteiger partial charge on any atom is -0.468 e. The van der Waals surface area contributed by atoms with Crippen molar-refractivity contribution in [1.82, 2.24) is 4.90 Å². The quantitative estimate of drug-likeness (QED) is 0.618. The number of nitrogens with zero attached hydrogens (tertiary/aromatic N) is 1. The number of rotatable bonds is 2. The lowest BCUT2D eigenvalue weighted by atomic mass is 10.1. The van der Waals surface area contributed by atoms with E-state index in [1.807, 2.05) is 0 Å². The maximum Gasteiger partial charge on any atom is 0.325 e. The molecule has 1 heterocycles. The first-order valence-electron chi connectivity index (χ1n) is 4.87. The van der Waals surface area contributed by atoms with Gasteiger partial charge in [0.1, 0.15) is 11.5 Å². The van der Waals surface area contributed by atoms with Crippen LogP contribution in [0.2, 0.25) is 10.0 Å². The average molecular weight is 290 g/mol. The van der Waals surface area contributed by atoms with Gasteiger partial charge in [0.15, 0.2) is 0 Å². The van der Waals surface area contributed by atoms with Gasteiger partial charge in [-0.2, -0.15) is 0 Å². The fourth-order valence-electron chi connectivity index (χ4n) is 1.71. The van der Waals surface area contributed by atoms with Gasteiger partial charge in [-0.3, -0.25) is 4.79 Å². The van der Waals surface area contributed by atoms with Crippen molar-refractivity contribution in [2.75, 3.05) is 13.7 Å². The number of fused-ring (bicyclic) bond motifs is 1. The van der Waals surface area contributed by atoms with E-state index in [4.69, 9.17) is 35.4 Å². The Hall–Kier alpha value is -0.840. The summed E-state index contributed by atoms with van der Waals surface area (Å²) in [6, 6.07) is 3.52. The molecule has 1 aliphatic rings. The minimum atomic E-state index is -0.322. The van der Waals surface area contributed by atoms with Crippen LogP contribution in [0.25, 0.3) is 0 Å². The van der Waals surface area contributed by atoms with Gasteiger partial charge >= 0.3 is 5.97 Å². The molecule has 0 saturated carbocycles. The van der Waals surface area contributed by atoms with Crippen LogP contribution in [0, 0.1) is 0 Å². The summed E-state index contributed by atoms with van der Waals surface area (Å²) in [5.41, 5.74) is 1.84. The van der Waals surface area contributed by atoms with Gasteiger partial charge in [-0.15, -0.1) is 0 Å². The lowest BCUT2D eigenvalue weighted by Crippen LogP contribution is -2.30. The number of thiocarbonyl (C=S) groups is 1. The second-order valence-corrected chi connectivity index (χ2v) is 4.86. The Balaban J connectivity index is 2.27. The molecular weight excluding hydrogens is 281 g/mol. The third kappa shape index (κ3) is 2.39. The van der Waals surface area contributed by atoms with Crippen molar-refractivity contribution in [3.8, 4) is 0 Å². The summed E-state index contributed by atoms with van der Waals surface area (Å²) in [6.45, 7) is 0.694. The zero-order valence-corrected chi connectivity index (χ0v) is 11.3. The Morgan fingerprint density at radius 3 is 2.76 bits per heavy atom. The van der Waals surface area contributed by atoms with E-state index in [9.17, 15) is 4.79 Å². The second-order valence-electron chi connectivity index (χ2n) is 3.66. The van der Waals surface area contributed by atoms with Crippen LogP contribution < -0.4 is 0 Å². The van der Waals surface area contributed by atoms with Crippen LogP contribution >= 0.6 is 35.4 Å². The van der Waals surface area contributed by atoms with E-state index in [0.717, 1.165) is 11.1 Å². The van der Waals surface area contributed by atoms with Crippen molar-refractivity contribution in [3.05, 3.63) is 33.3 Å².